The molecule has 0 bridgehead atoms. The second kappa shape index (κ2) is 9.21. The number of carbonyl (C=O) groups is 2. The van der Waals surface area contributed by atoms with E-state index in [0.29, 0.717) is 13.1 Å². The van der Waals surface area contributed by atoms with Crippen molar-refractivity contribution >= 4 is 12.1 Å². The second-order valence-electron chi connectivity index (χ2n) is 6.82. The molecule has 1 aliphatic rings. The summed E-state index contributed by atoms with van der Waals surface area (Å²) in [6.07, 6.45) is 0.800. The number of esters is 1. The molecule has 2 unspecified atom stereocenters. The normalized spacial score (nSPS) is 17.8. The number of rotatable bonds is 5. The average molecular weight is 367 g/mol. The number of piperidine rings is 1. The largest absolute Gasteiger partial charge is 0.458 e. The molecule has 1 saturated heterocycles. The number of hydrogen-bond donors (Lipinski definition) is 0. The number of benzene rings is 2. The van der Waals surface area contributed by atoms with Gasteiger partial charge in [-0.15, -0.1) is 0 Å². The van der Waals surface area contributed by atoms with Crippen molar-refractivity contribution in [2.45, 2.75) is 32.5 Å². The molecular formula is C22H25NO4. The van der Waals surface area contributed by atoms with Gasteiger partial charge in [0.15, 0.2) is 0 Å². The van der Waals surface area contributed by atoms with Crippen molar-refractivity contribution in [3.8, 4) is 0 Å². The summed E-state index contributed by atoms with van der Waals surface area (Å²) in [6, 6.07) is 19.2. The Morgan fingerprint density at radius 3 is 2.44 bits per heavy atom. The van der Waals surface area contributed by atoms with Gasteiger partial charge >= 0.3 is 12.1 Å². The SMILES string of the molecule is CC(OC(=O)C1CCCN(C(=O)OCc2ccccc2)C1)c1ccccc1. The number of hydrogen-bond acceptors (Lipinski definition) is 4. The summed E-state index contributed by atoms with van der Waals surface area (Å²) in [5, 5.41) is 0. The highest BCUT2D eigenvalue weighted by Gasteiger charge is 2.31. The highest BCUT2D eigenvalue weighted by atomic mass is 16.6. The van der Waals surface area contributed by atoms with E-state index in [4.69, 9.17) is 9.47 Å². The molecule has 0 N–H and O–H groups in total. The van der Waals surface area contributed by atoms with Crippen LogP contribution in [0.1, 0.15) is 37.0 Å². The summed E-state index contributed by atoms with van der Waals surface area (Å²) in [7, 11) is 0. The predicted molar refractivity (Wildman–Crippen MR) is 102 cm³/mol. The maximum absolute atomic E-state index is 12.5. The van der Waals surface area contributed by atoms with E-state index in [1.54, 1.807) is 4.90 Å². The lowest BCUT2D eigenvalue weighted by atomic mass is 9.98. The van der Waals surface area contributed by atoms with Crippen molar-refractivity contribution in [1.29, 1.82) is 0 Å². The number of ether oxygens (including phenoxy) is 2. The fourth-order valence-corrected chi connectivity index (χ4v) is 3.21. The van der Waals surface area contributed by atoms with Crippen LogP contribution in [0.4, 0.5) is 4.79 Å². The van der Waals surface area contributed by atoms with E-state index < -0.39 is 0 Å². The first-order valence-electron chi connectivity index (χ1n) is 9.34. The first kappa shape index (κ1) is 19.0. The van der Waals surface area contributed by atoms with Crippen LogP contribution in [0.2, 0.25) is 0 Å². The van der Waals surface area contributed by atoms with Crippen molar-refractivity contribution in [3.63, 3.8) is 0 Å². The minimum atomic E-state index is -0.382. The van der Waals surface area contributed by atoms with Crippen LogP contribution >= 0.6 is 0 Å². The Morgan fingerprint density at radius 2 is 1.74 bits per heavy atom. The lowest BCUT2D eigenvalue weighted by molar-refractivity contribution is -0.155. The Kier molecular flexibility index (Phi) is 6.47. The maximum atomic E-state index is 12.5. The highest BCUT2D eigenvalue weighted by Crippen LogP contribution is 2.23. The summed E-state index contributed by atoms with van der Waals surface area (Å²) in [5.41, 5.74) is 1.90. The van der Waals surface area contributed by atoms with E-state index >= 15 is 0 Å². The molecule has 27 heavy (non-hydrogen) atoms. The van der Waals surface area contributed by atoms with Gasteiger partial charge in [-0.1, -0.05) is 60.7 Å². The van der Waals surface area contributed by atoms with Crippen molar-refractivity contribution in [2.75, 3.05) is 13.1 Å². The molecule has 5 nitrogen and oxygen atoms in total. The first-order chi connectivity index (χ1) is 13.1. The van der Waals surface area contributed by atoms with Crippen molar-refractivity contribution in [1.82, 2.24) is 4.90 Å². The Morgan fingerprint density at radius 1 is 1.07 bits per heavy atom. The Labute approximate surface area is 159 Å². The molecule has 0 spiro atoms. The van der Waals surface area contributed by atoms with Crippen LogP contribution < -0.4 is 0 Å². The molecule has 0 aliphatic carbocycles. The molecule has 5 heteroatoms. The van der Waals surface area contributed by atoms with Crippen LogP contribution in [0.25, 0.3) is 0 Å². The van der Waals surface area contributed by atoms with Gasteiger partial charge in [-0.3, -0.25) is 4.79 Å². The van der Waals surface area contributed by atoms with Crippen molar-refractivity contribution in [3.05, 3.63) is 71.8 Å². The molecule has 2 aromatic carbocycles. The molecule has 1 heterocycles. The number of likely N-dealkylation sites (tertiary alicyclic amines) is 1. The van der Waals surface area contributed by atoms with E-state index in [9.17, 15) is 9.59 Å². The van der Waals surface area contributed by atoms with Gasteiger partial charge in [0.05, 0.1) is 5.92 Å². The van der Waals surface area contributed by atoms with Gasteiger partial charge in [0.1, 0.15) is 12.7 Å². The molecule has 3 rings (SSSR count). The Balaban J connectivity index is 1.50. The summed E-state index contributed by atoms with van der Waals surface area (Å²) in [6.45, 7) is 3.04. The molecule has 142 valence electrons. The summed E-state index contributed by atoms with van der Waals surface area (Å²) in [4.78, 5) is 26.5. The van der Waals surface area contributed by atoms with Crippen LogP contribution in [0.15, 0.2) is 60.7 Å². The smallest absolute Gasteiger partial charge is 0.410 e. The molecular weight excluding hydrogens is 342 g/mol. The number of amides is 1. The van der Waals surface area contributed by atoms with Gasteiger partial charge in [0.2, 0.25) is 0 Å². The number of nitrogens with zero attached hydrogens (tertiary/aromatic N) is 1. The predicted octanol–water partition coefficient (Wildman–Crippen LogP) is 4.34. The van der Waals surface area contributed by atoms with Gasteiger partial charge in [-0.25, -0.2) is 4.79 Å². The minimum Gasteiger partial charge on any atom is -0.458 e. The summed E-state index contributed by atoms with van der Waals surface area (Å²) >= 11 is 0. The van der Waals surface area contributed by atoms with Gasteiger partial charge in [0, 0.05) is 13.1 Å². The zero-order valence-electron chi connectivity index (χ0n) is 15.5. The van der Waals surface area contributed by atoms with Crippen LogP contribution in [0.5, 0.6) is 0 Å². The quantitative estimate of drug-likeness (QED) is 0.738. The molecule has 2 aromatic rings. The fraction of sp³-hybridized carbons (Fsp3) is 0.364. The highest BCUT2D eigenvalue weighted by molar-refractivity contribution is 5.75. The second-order valence-corrected chi connectivity index (χ2v) is 6.82. The molecule has 1 fully saturated rings. The lowest BCUT2D eigenvalue weighted by Gasteiger charge is -2.31. The first-order valence-corrected chi connectivity index (χ1v) is 9.34. The van der Waals surface area contributed by atoms with Crippen LogP contribution in [-0.2, 0) is 20.9 Å². The lowest BCUT2D eigenvalue weighted by Crippen LogP contribution is -2.43. The molecule has 2 atom stereocenters. The van der Waals surface area contributed by atoms with Crippen molar-refractivity contribution in [2.24, 2.45) is 5.92 Å². The van der Waals surface area contributed by atoms with Crippen LogP contribution in [-0.4, -0.2) is 30.1 Å². The third-order valence-electron chi connectivity index (χ3n) is 4.78. The standard InChI is InChI=1S/C22H25NO4/c1-17(19-11-6-3-7-12-19)27-21(24)20-13-8-14-23(15-20)22(25)26-16-18-9-4-2-5-10-18/h2-7,9-12,17,20H,8,13-16H2,1H3. The van der Waals surface area contributed by atoms with Crippen LogP contribution in [0, 0.1) is 5.92 Å². The molecule has 1 aliphatic heterocycles. The van der Waals surface area contributed by atoms with E-state index in [0.717, 1.165) is 24.0 Å². The molecule has 0 saturated carbocycles. The Hall–Kier alpha value is -2.82. The van der Waals surface area contributed by atoms with E-state index in [2.05, 4.69) is 0 Å². The zero-order valence-corrected chi connectivity index (χ0v) is 15.5. The van der Waals surface area contributed by atoms with Crippen LogP contribution in [0.3, 0.4) is 0 Å². The Bertz CT molecular complexity index is 747. The molecule has 0 aromatic heterocycles. The zero-order chi connectivity index (χ0) is 19.1. The average Bonchev–Trinajstić information content (AvgIpc) is 2.73. The monoisotopic (exact) mass is 367 g/mol. The topological polar surface area (TPSA) is 55.8 Å². The van der Waals surface area contributed by atoms with Gasteiger partial charge in [-0.05, 0) is 30.9 Å². The molecule has 1 amide bonds. The van der Waals surface area contributed by atoms with Gasteiger partial charge in [0.25, 0.3) is 0 Å². The minimum absolute atomic E-state index is 0.232. The fourth-order valence-electron chi connectivity index (χ4n) is 3.21. The third kappa shape index (κ3) is 5.33. The van der Waals surface area contributed by atoms with Gasteiger partial charge < -0.3 is 14.4 Å². The number of carbonyl (C=O) groups excluding carboxylic acids is 2. The summed E-state index contributed by atoms with van der Waals surface area (Å²) < 4.78 is 11.0. The molecule has 0 radical (unpaired) electrons. The third-order valence-corrected chi connectivity index (χ3v) is 4.78. The summed E-state index contributed by atoms with van der Waals surface area (Å²) in [5.74, 6) is -0.568. The van der Waals surface area contributed by atoms with E-state index in [1.807, 2.05) is 67.6 Å². The van der Waals surface area contributed by atoms with Gasteiger partial charge in [-0.2, -0.15) is 0 Å². The van der Waals surface area contributed by atoms with E-state index in [-0.39, 0.29) is 30.7 Å². The maximum Gasteiger partial charge on any atom is 0.410 e. The van der Waals surface area contributed by atoms with Crippen molar-refractivity contribution < 1.29 is 19.1 Å². The van der Waals surface area contributed by atoms with E-state index in [1.165, 1.54) is 0 Å².